The molecule has 1 saturated heterocycles. The molecule has 0 radical (unpaired) electrons. The van der Waals surface area contributed by atoms with Crippen LogP contribution in [0.1, 0.15) is 12.8 Å². The molecule has 0 spiro atoms. The highest BCUT2D eigenvalue weighted by Crippen LogP contribution is 2.34. The fourth-order valence-electron chi connectivity index (χ4n) is 4.35. The number of benzene rings is 2. The first-order valence-electron chi connectivity index (χ1n) is 11.8. The predicted molar refractivity (Wildman–Crippen MR) is 150 cm³/mol. The van der Waals surface area contributed by atoms with E-state index < -0.39 is 0 Å². The van der Waals surface area contributed by atoms with Gasteiger partial charge in [-0.3, -0.25) is 0 Å². The topological polar surface area (TPSA) is 65.6 Å². The second-order valence-electron chi connectivity index (χ2n) is 9.12. The number of hydrogen-bond acceptors (Lipinski definition) is 7. The van der Waals surface area contributed by atoms with E-state index in [2.05, 4.69) is 82.1 Å². The minimum Gasteiger partial charge on any atom is -0.494 e. The summed E-state index contributed by atoms with van der Waals surface area (Å²) in [6.07, 6.45) is 3.92. The maximum atomic E-state index is 6.43. The zero-order valence-corrected chi connectivity index (χ0v) is 22.7. The van der Waals surface area contributed by atoms with Gasteiger partial charge in [0, 0.05) is 36.6 Å². The fraction of sp³-hybridized carbons (Fsp3) is 0.385. The molecule has 9 heteroatoms. The molecule has 3 aromatic rings. The minimum absolute atomic E-state index is 0.279. The van der Waals surface area contributed by atoms with Crippen molar-refractivity contribution in [2.75, 3.05) is 63.2 Å². The van der Waals surface area contributed by atoms with Crippen LogP contribution in [-0.4, -0.2) is 68.5 Å². The number of nitrogens with zero attached hydrogens (tertiary/aromatic N) is 4. The lowest BCUT2D eigenvalue weighted by molar-refractivity contribution is 0.249. The SMILES string of the molecule is COc1cc(N2CCC(N(C)C)CC2)ccc1Nc1ncc(Cl)c(Nc2ccccc2P(C)C)n1. The zero-order chi connectivity index (χ0) is 24.9. The Morgan fingerprint density at radius 1 is 1.06 bits per heavy atom. The average Bonchev–Trinajstić information content (AvgIpc) is 2.86. The highest BCUT2D eigenvalue weighted by atomic mass is 35.5. The monoisotopic (exact) mass is 512 g/mol. The van der Waals surface area contributed by atoms with E-state index >= 15 is 0 Å². The van der Waals surface area contributed by atoms with Gasteiger partial charge in [0.2, 0.25) is 5.95 Å². The number of aromatic nitrogens is 2. The van der Waals surface area contributed by atoms with Crippen LogP contribution in [0.3, 0.4) is 0 Å². The van der Waals surface area contributed by atoms with Gasteiger partial charge in [0.1, 0.15) is 10.8 Å². The van der Waals surface area contributed by atoms with Gasteiger partial charge in [-0.15, -0.1) is 0 Å². The maximum absolute atomic E-state index is 6.43. The van der Waals surface area contributed by atoms with Crippen molar-refractivity contribution < 1.29 is 4.74 Å². The minimum atomic E-state index is -0.279. The number of methoxy groups -OCH3 is 1. The lowest BCUT2D eigenvalue weighted by Crippen LogP contribution is -2.41. The van der Waals surface area contributed by atoms with E-state index in [0.29, 0.717) is 22.8 Å². The molecular formula is C26H34ClN6OP. The molecule has 0 saturated carbocycles. The van der Waals surface area contributed by atoms with Crippen LogP contribution in [0.5, 0.6) is 5.75 Å². The van der Waals surface area contributed by atoms with Gasteiger partial charge in [-0.25, -0.2) is 4.98 Å². The van der Waals surface area contributed by atoms with Crippen molar-refractivity contribution in [2.24, 2.45) is 0 Å². The van der Waals surface area contributed by atoms with E-state index in [1.54, 1.807) is 13.3 Å². The molecule has 186 valence electrons. The number of para-hydroxylation sites is 1. The Labute approximate surface area is 214 Å². The van der Waals surface area contributed by atoms with Crippen LogP contribution in [0, 0.1) is 0 Å². The van der Waals surface area contributed by atoms with Crippen molar-refractivity contribution in [1.82, 2.24) is 14.9 Å². The zero-order valence-electron chi connectivity index (χ0n) is 21.0. The summed E-state index contributed by atoms with van der Waals surface area (Å²) in [5.74, 6) is 1.76. The van der Waals surface area contributed by atoms with Gasteiger partial charge >= 0.3 is 0 Å². The third kappa shape index (κ3) is 6.16. The molecule has 0 atom stereocenters. The summed E-state index contributed by atoms with van der Waals surface area (Å²) in [5, 5.41) is 8.42. The van der Waals surface area contributed by atoms with E-state index in [4.69, 9.17) is 16.3 Å². The standard InChI is InChI=1S/C26H34ClN6OP/c1-32(2)18-12-14-33(15-13-18)19-10-11-21(23(16-19)34-3)30-26-28-17-20(27)25(31-26)29-22-8-6-7-9-24(22)35(4)5/h6-11,16-18H,12-15H2,1-5H3,(H2,28,29,30,31). The summed E-state index contributed by atoms with van der Waals surface area (Å²) in [7, 11) is 5.73. The molecule has 1 aliphatic rings. The number of ether oxygens (including phenoxy) is 1. The van der Waals surface area contributed by atoms with Crippen LogP contribution in [-0.2, 0) is 0 Å². The van der Waals surface area contributed by atoms with Crippen LogP contribution in [0.25, 0.3) is 0 Å². The van der Waals surface area contributed by atoms with Gasteiger partial charge in [0.05, 0.1) is 19.0 Å². The molecule has 1 aliphatic heterocycles. The molecule has 0 amide bonds. The third-order valence-electron chi connectivity index (χ3n) is 6.37. The van der Waals surface area contributed by atoms with Crippen LogP contribution in [0.2, 0.25) is 5.02 Å². The molecule has 2 aromatic carbocycles. The first-order chi connectivity index (χ1) is 16.9. The van der Waals surface area contributed by atoms with Crippen LogP contribution in [0.4, 0.5) is 28.8 Å². The molecule has 0 bridgehead atoms. The van der Waals surface area contributed by atoms with Gasteiger partial charge in [0.25, 0.3) is 0 Å². The first kappa shape index (κ1) is 25.5. The Hall–Kier alpha value is -2.60. The van der Waals surface area contributed by atoms with E-state index in [9.17, 15) is 0 Å². The lowest BCUT2D eigenvalue weighted by Gasteiger charge is -2.36. The van der Waals surface area contributed by atoms with Crippen molar-refractivity contribution in [1.29, 1.82) is 0 Å². The number of anilines is 5. The summed E-state index contributed by atoms with van der Waals surface area (Å²) in [5.41, 5.74) is 2.98. The van der Waals surface area contributed by atoms with Gasteiger partial charge < -0.3 is 25.2 Å². The quantitative estimate of drug-likeness (QED) is 0.385. The third-order valence-corrected chi connectivity index (χ3v) is 8.00. The Bertz CT molecular complexity index is 1150. The van der Waals surface area contributed by atoms with E-state index in [0.717, 1.165) is 48.7 Å². The van der Waals surface area contributed by atoms with Gasteiger partial charge in [-0.05, 0) is 63.8 Å². The van der Waals surface area contributed by atoms with Gasteiger partial charge in [-0.1, -0.05) is 37.7 Å². The second-order valence-corrected chi connectivity index (χ2v) is 11.8. The van der Waals surface area contributed by atoms with Gasteiger partial charge in [-0.2, -0.15) is 4.98 Å². The molecule has 35 heavy (non-hydrogen) atoms. The fourth-order valence-corrected chi connectivity index (χ4v) is 5.49. The van der Waals surface area contributed by atoms with E-state index in [-0.39, 0.29) is 7.92 Å². The first-order valence-corrected chi connectivity index (χ1v) is 14.4. The van der Waals surface area contributed by atoms with Gasteiger partial charge in [0.15, 0.2) is 5.82 Å². The Morgan fingerprint density at radius 2 is 1.80 bits per heavy atom. The molecule has 4 rings (SSSR count). The Kier molecular flexibility index (Phi) is 8.32. The van der Waals surface area contributed by atoms with E-state index in [1.165, 1.54) is 5.30 Å². The maximum Gasteiger partial charge on any atom is 0.229 e. The molecule has 0 unspecified atom stereocenters. The Morgan fingerprint density at radius 3 is 2.49 bits per heavy atom. The molecule has 2 heterocycles. The average molecular weight is 513 g/mol. The normalized spacial score (nSPS) is 14.5. The number of piperidine rings is 1. The highest BCUT2D eigenvalue weighted by molar-refractivity contribution is 7.64. The van der Waals surface area contributed by atoms with Crippen LogP contribution >= 0.6 is 19.5 Å². The highest BCUT2D eigenvalue weighted by Gasteiger charge is 2.21. The van der Waals surface area contributed by atoms with Crippen LogP contribution in [0.15, 0.2) is 48.7 Å². The number of rotatable bonds is 8. The summed E-state index contributed by atoms with van der Waals surface area (Å²) in [6.45, 7) is 6.52. The molecule has 7 nitrogen and oxygen atoms in total. The lowest BCUT2D eigenvalue weighted by atomic mass is 10.0. The predicted octanol–water partition coefficient (Wildman–Crippen LogP) is 5.52. The van der Waals surface area contributed by atoms with Crippen molar-refractivity contribution in [3.63, 3.8) is 0 Å². The number of nitrogens with one attached hydrogen (secondary N) is 2. The van der Waals surface area contributed by atoms with Crippen molar-refractivity contribution in [3.05, 3.63) is 53.7 Å². The summed E-state index contributed by atoms with van der Waals surface area (Å²) >= 11 is 6.43. The van der Waals surface area contributed by atoms with Crippen LogP contribution < -0.4 is 25.6 Å². The summed E-state index contributed by atoms with van der Waals surface area (Å²) in [4.78, 5) is 13.8. The molecule has 1 aromatic heterocycles. The molecule has 2 N–H and O–H groups in total. The van der Waals surface area contributed by atoms with Crippen molar-refractivity contribution >= 4 is 53.7 Å². The molecular weight excluding hydrogens is 479 g/mol. The number of halogens is 1. The summed E-state index contributed by atoms with van der Waals surface area (Å²) in [6, 6.07) is 15.1. The second kappa shape index (κ2) is 11.4. The van der Waals surface area contributed by atoms with E-state index in [1.807, 2.05) is 18.2 Å². The smallest absolute Gasteiger partial charge is 0.229 e. The summed E-state index contributed by atoms with van der Waals surface area (Å²) < 4.78 is 5.71. The van der Waals surface area contributed by atoms with Crippen molar-refractivity contribution in [3.8, 4) is 5.75 Å². The Balaban J connectivity index is 1.51. The largest absolute Gasteiger partial charge is 0.494 e. The molecule has 0 aliphatic carbocycles. The number of hydrogen-bond donors (Lipinski definition) is 2. The molecule has 1 fully saturated rings. The van der Waals surface area contributed by atoms with Crippen molar-refractivity contribution in [2.45, 2.75) is 18.9 Å².